The van der Waals surface area contributed by atoms with Crippen LogP contribution in [0.1, 0.15) is 61.3 Å². The number of ether oxygens (including phenoxy) is 2. The van der Waals surface area contributed by atoms with Gasteiger partial charge in [-0.3, -0.25) is 9.59 Å². The first kappa shape index (κ1) is 26.8. The molecule has 2 amide bonds. The lowest BCUT2D eigenvalue weighted by molar-refractivity contribution is 0.101. The molecule has 0 aromatic heterocycles. The summed E-state index contributed by atoms with van der Waals surface area (Å²) < 4.78 is 11.5. The summed E-state index contributed by atoms with van der Waals surface area (Å²) >= 11 is 0. The number of rotatable bonds is 12. The van der Waals surface area contributed by atoms with Gasteiger partial charge in [0.05, 0.1) is 13.2 Å². The molecule has 0 atom stereocenters. The molecule has 6 heteroatoms. The summed E-state index contributed by atoms with van der Waals surface area (Å²) in [5.74, 6) is 2.02. The number of hydrogen-bond donors (Lipinski definition) is 2. The number of amides is 2. The number of nitrogens with one attached hydrogen (secondary N) is 2. The van der Waals surface area contributed by atoms with E-state index < -0.39 is 0 Å². The number of carbonyl (C=O) groups is 2. The van der Waals surface area contributed by atoms with Crippen LogP contribution in [0.5, 0.6) is 11.5 Å². The lowest BCUT2D eigenvalue weighted by Gasteiger charge is -2.11. The van der Waals surface area contributed by atoms with Crippen LogP contribution in [0.25, 0.3) is 0 Å². The fraction of sp³-hybridized carbons (Fsp3) is 0.333. The van der Waals surface area contributed by atoms with Gasteiger partial charge in [-0.25, -0.2) is 0 Å². The summed E-state index contributed by atoms with van der Waals surface area (Å²) in [6, 6.07) is 21.3. The Balaban J connectivity index is 1.54. The largest absolute Gasteiger partial charge is 0.494 e. The van der Waals surface area contributed by atoms with Crippen LogP contribution in [0.2, 0.25) is 0 Å². The number of hydrogen-bond acceptors (Lipinski definition) is 4. The van der Waals surface area contributed by atoms with Crippen molar-refractivity contribution in [2.45, 2.75) is 40.5 Å². The fourth-order valence-electron chi connectivity index (χ4n) is 3.32. The Labute approximate surface area is 214 Å². The van der Waals surface area contributed by atoms with E-state index in [0.717, 1.165) is 12.8 Å². The minimum atomic E-state index is -0.227. The normalized spacial score (nSPS) is 10.8. The average molecular weight is 489 g/mol. The van der Waals surface area contributed by atoms with Crippen molar-refractivity contribution in [3.05, 3.63) is 83.9 Å². The first-order valence-electron chi connectivity index (χ1n) is 12.5. The molecular formula is C30H36N2O4. The van der Waals surface area contributed by atoms with Crippen molar-refractivity contribution in [1.29, 1.82) is 0 Å². The van der Waals surface area contributed by atoms with Crippen molar-refractivity contribution in [1.82, 2.24) is 0 Å². The molecule has 6 nitrogen and oxygen atoms in total. The third kappa shape index (κ3) is 8.77. The third-order valence-corrected chi connectivity index (χ3v) is 5.52. The first-order valence-corrected chi connectivity index (χ1v) is 12.5. The van der Waals surface area contributed by atoms with Crippen molar-refractivity contribution < 1.29 is 19.1 Å². The van der Waals surface area contributed by atoms with Gasteiger partial charge in [0, 0.05) is 22.5 Å². The van der Waals surface area contributed by atoms with Gasteiger partial charge < -0.3 is 20.1 Å². The highest BCUT2D eigenvalue weighted by Crippen LogP contribution is 2.20. The highest BCUT2D eigenvalue weighted by atomic mass is 16.5. The summed E-state index contributed by atoms with van der Waals surface area (Å²) in [6.45, 7) is 9.81. The smallest absolute Gasteiger partial charge is 0.255 e. The summed E-state index contributed by atoms with van der Waals surface area (Å²) in [4.78, 5) is 25.4. The van der Waals surface area contributed by atoms with Gasteiger partial charge in [0.2, 0.25) is 0 Å². The molecule has 0 saturated heterocycles. The second kappa shape index (κ2) is 13.3. The van der Waals surface area contributed by atoms with Crippen molar-refractivity contribution in [3.63, 3.8) is 0 Å². The Hall–Kier alpha value is -3.80. The lowest BCUT2D eigenvalue weighted by Crippen LogP contribution is -2.13. The maximum atomic E-state index is 12.7. The molecule has 0 aliphatic heterocycles. The molecule has 3 aromatic rings. The Kier molecular flexibility index (Phi) is 9.92. The molecule has 3 aromatic carbocycles. The summed E-state index contributed by atoms with van der Waals surface area (Å²) in [5.41, 5.74) is 2.30. The molecular weight excluding hydrogens is 452 g/mol. The van der Waals surface area contributed by atoms with Gasteiger partial charge in [0.25, 0.3) is 11.8 Å². The topological polar surface area (TPSA) is 76.7 Å². The quantitative estimate of drug-likeness (QED) is 0.287. The first-order chi connectivity index (χ1) is 17.3. The van der Waals surface area contributed by atoms with Crippen LogP contribution in [0.4, 0.5) is 11.4 Å². The Morgan fingerprint density at radius 2 is 1.03 bits per heavy atom. The van der Waals surface area contributed by atoms with Crippen molar-refractivity contribution in [2.75, 3.05) is 23.8 Å². The van der Waals surface area contributed by atoms with E-state index in [1.165, 1.54) is 0 Å². The van der Waals surface area contributed by atoms with Gasteiger partial charge in [0.1, 0.15) is 11.5 Å². The van der Waals surface area contributed by atoms with E-state index in [-0.39, 0.29) is 11.8 Å². The second-order valence-electron chi connectivity index (χ2n) is 9.60. The molecule has 0 fully saturated rings. The van der Waals surface area contributed by atoms with E-state index in [1.807, 2.05) is 24.3 Å². The molecule has 0 spiro atoms. The highest BCUT2D eigenvalue weighted by molar-refractivity contribution is 6.06. The van der Waals surface area contributed by atoms with Gasteiger partial charge in [-0.2, -0.15) is 0 Å². The van der Waals surface area contributed by atoms with Crippen LogP contribution in [0, 0.1) is 11.8 Å². The molecule has 0 heterocycles. The molecule has 0 unspecified atom stereocenters. The second-order valence-corrected chi connectivity index (χ2v) is 9.60. The zero-order valence-electron chi connectivity index (χ0n) is 21.5. The standard InChI is InChI=1S/C30H36N2O4/c1-21(2)15-17-35-27-9-5-7-23(19-27)29(33)31-25-11-13-26(14-12-25)32-30(34)24-8-6-10-28(20-24)36-18-16-22(3)4/h5-14,19-22H,15-18H2,1-4H3,(H,31,33)(H,32,34). The van der Waals surface area contributed by atoms with Crippen LogP contribution < -0.4 is 20.1 Å². The summed E-state index contributed by atoms with van der Waals surface area (Å²) in [7, 11) is 0. The number of benzene rings is 3. The zero-order valence-corrected chi connectivity index (χ0v) is 21.5. The van der Waals surface area contributed by atoms with Gasteiger partial charge >= 0.3 is 0 Å². The van der Waals surface area contributed by atoms with Crippen molar-refractivity contribution >= 4 is 23.2 Å². The van der Waals surface area contributed by atoms with Gasteiger partial charge in [-0.15, -0.1) is 0 Å². The zero-order chi connectivity index (χ0) is 25.9. The maximum absolute atomic E-state index is 12.7. The van der Waals surface area contributed by atoms with E-state index in [1.54, 1.807) is 48.5 Å². The Bertz CT molecular complexity index is 1050. The molecule has 3 rings (SSSR count). The summed E-state index contributed by atoms with van der Waals surface area (Å²) in [6.07, 6.45) is 1.91. The fourth-order valence-corrected chi connectivity index (χ4v) is 3.32. The van der Waals surface area contributed by atoms with E-state index in [9.17, 15) is 9.59 Å². The highest BCUT2D eigenvalue weighted by Gasteiger charge is 2.10. The molecule has 0 aliphatic carbocycles. The molecule has 0 bridgehead atoms. The van der Waals surface area contributed by atoms with Crippen LogP contribution in [0.3, 0.4) is 0 Å². The van der Waals surface area contributed by atoms with E-state index in [0.29, 0.717) is 59.1 Å². The van der Waals surface area contributed by atoms with E-state index in [2.05, 4.69) is 38.3 Å². The minimum Gasteiger partial charge on any atom is -0.494 e. The minimum absolute atomic E-state index is 0.227. The third-order valence-electron chi connectivity index (χ3n) is 5.52. The molecule has 0 radical (unpaired) electrons. The van der Waals surface area contributed by atoms with E-state index in [4.69, 9.17) is 9.47 Å². The van der Waals surface area contributed by atoms with Gasteiger partial charge in [0.15, 0.2) is 0 Å². The maximum Gasteiger partial charge on any atom is 0.255 e. The van der Waals surface area contributed by atoms with Gasteiger partial charge in [-0.1, -0.05) is 39.8 Å². The number of anilines is 2. The van der Waals surface area contributed by atoms with Gasteiger partial charge in [-0.05, 0) is 85.3 Å². The van der Waals surface area contributed by atoms with Crippen LogP contribution in [-0.4, -0.2) is 25.0 Å². The number of carbonyl (C=O) groups excluding carboxylic acids is 2. The monoisotopic (exact) mass is 488 g/mol. The van der Waals surface area contributed by atoms with Crippen LogP contribution >= 0.6 is 0 Å². The molecule has 0 saturated carbocycles. The van der Waals surface area contributed by atoms with Crippen LogP contribution in [-0.2, 0) is 0 Å². The summed E-state index contributed by atoms with van der Waals surface area (Å²) in [5, 5.41) is 5.77. The predicted molar refractivity (Wildman–Crippen MR) is 145 cm³/mol. The Morgan fingerprint density at radius 3 is 1.39 bits per heavy atom. The average Bonchev–Trinajstić information content (AvgIpc) is 2.85. The van der Waals surface area contributed by atoms with E-state index >= 15 is 0 Å². The lowest BCUT2D eigenvalue weighted by atomic mass is 10.1. The molecule has 190 valence electrons. The van der Waals surface area contributed by atoms with Crippen molar-refractivity contribution in [2.24, 2.45) is 11.8 Å². The van der Waals surface area contributed by atoms with Crippen LogP contribution in [0.15, 0.2) is 72.8 Å². The molecule has 36 heavy (non-hydrogen) atoms. The molecule has 0 aliphatic rings. The predicted octanol–water partition coefficient (Wildman–Crippen LogP) is 7.04. The molecule has 2 N–H and O–H groups in total. The Morgan fingerprint density at radius 1 is 0.639 bits per heavy atom. The SMILES string of the molecule is CC(C)CCOc1cccc(C(=O)Nc2ccc(NC(=O)c3cccc(OCCC(C)C)c3)cc2)c1. The van der Waals surface area contributed by atoms with Crippen molar-refractivity contribution in [3.8, 4) is 11.5 Å².